The van der Waals surface area contributed by atoms with Gasteiger partial charge in [0.2, 0.25) is 10.0 Å². The maximum atomic E-state index is 12.7. The van der Waals surface area contributed by atoms with E-state index in [-0.39, 0.29) is 6.04 Å². The number of nitrogens with zero attached hydrogens (tertiary/aromatic N) is 2. The monoisotopic (exact) mass is 311 g/mol. The van der Waals surface area contributed by atoms with Crippen molar-refractivity contribution >= 4 is 10.0 Å². The summed E-state index contributed by atoms with van der Waals surface area (Å²) in [5.74, 6) is 0. The Kier molecular flexibility index (Phi) is 4.91. The van der Waals surface area contributed by atoms with Gasteiger partial charge < -0.3 is 9.88 Å². The van der Waals surface area contributed by atoms with Crippen LogP contribution in [0.3, 0.4) is 0 Å². The van der Waals surface area contributed by atoms with Crippen LogP contribution in [0.25, 0.3) is 0 Å². The Morgan fingerprint density at radius 3 is 2.62 bits per heavy atom. The van der Waals surface area contributed by atoms with Crippen molar-refractivity contribution in [3.63, 3.8) is 0 Å². The molecule has 0 aliphatic carbocycles. The van der Waals surface area contributed by atoms with Gasteiger partial charge in [-0.05, 0) is 40.3 Å². The zero-order valence-corrected chi connectivity index (χ0v) is 14.1. The average molecular weight is 311 g/mol. The van der Waals surface area contributed by atoms with Crippen LogP contribution in [-0.4, -0.2) is 37.4 Å². The number of sulfonamides is 1. The lowest BCUT2D eigenvalue weighted by molar-refractivity contribution is 0.431. The van der Waals surface area contributed by atoms with Crippen LogP contribution in [0.1, 0.15) is 38.9 Å². The smallest absolute Gasteiger partial charge is 0.244 e. The summed E-state index contributed by atoms with van der Waals surface area (Å²) in [4.78, 5) is 0.398. The Labute approximate surface area is 127 Å². The number of rotatable bonds is 5. The Morgan fingerprint density at radius 2 is 2.10 bits per heavy atom. The topological polar surface area (TPSA) is 54.3 Å². The molecular weight excluding hydrogens is 286 g/mol. The average Bonchev–Trinajstić information content (AvgIpc) is 2.84. The summed E-state index contributed by atoms with van der Waals surface area (Å²) in [5.41, 5.74) is 2.26. The van der Waals surface area contributed by atoms with E-state index in [0.717, 1.165) is 12.1 Å². The Hall–Kier alpha value is -1.11. The molecule has 118 valence electrons. The summed E-state index contributed by atoms with van der Waals surface area (Å²) >= 11 is 0. The summed E-state index contributed by atoms with van der Waals surface area (Å²) in [5, 5.41) is 3.09. The number of nitrogens with one attached hydrogen (secondary N) is 1. The van der Waals surface area contributed by atoms with E-state index in [9.17, 15) is 8.42 Å². The van der Waals surface area contributed by atoms with Crippen molar-refractivity contribution in [2.75, 3.05) is 20.1 Å². The van der Waals surface area contributed by atoms with Crippen molar-refractivity contribution in [2.45, 2.75) is 44.7 Å². The van der Waals surface area contributed by atoms with Gasteiger partial charge in [0, 0.05) is 37.6 Å². The number of aromatic nitrogens is 1. The van der Waals surface area contributed by atoms with E-state index in [1.165, 1.54) is 5.57 Å². The maximum absolute atomic E-state index is 12.7. The first-order chi connectivity index (χ1) is 9.86. The Morgan fingerprint density at radius 1 is 1.38 bits per heavy atom. The second kappa shape index (κ2) is 6.34. The molecular formula is C15H25N3O2S. The van der Waals surface area contributed by atoms with E-state index in [4.69, 9.17) is 0 Å². The Balaban J connectivity index is 2.34. The van der Waals surface area contributed by atoms with Gasteiger partial charge >= 0.3 is 0 Å². The SMILES string of the molecule is CNCc1cc(S(=O)(=O)N2CC=C(C)CC2)cn1C(C)C. The zero-order chi connectivity index (χ0) is 15.6. The highest BCUT2D eigenvalue weighted by Gasteiger charge is 2.27. The molecule has 1 N–H and O–H groups in total. The highest BCUT2D eigenvalue weighted by atomic mass is 32.2. The largest absolute Gasteiger partial charge is 0.346 e. The minimum atomic E-state index is -3.40. The molecule has 0 bridgehead atoms. The second-order valence-electron chi connectivity index (χ2n) is 5.86. The van der Waals surface area contributed by atoms with Gasteiger partial charge in [-0.15, -0.1) is 0 Å². The lowest BCUT2D eigenvalue weighted by Crippen LogP contribution is -2.34. The molecule has 21 heavy (non-hydrogen) atoms. The van der Waals surface area contributed by atoms with Crippen LogP contribution in [0, 0.1) is 0 Å². The lowest BCUT2D eigenvalue weighted by Gasteiger charge is -2.24. The Bertz CT molecular complexity index is 629. The molecule has 0 atom stereocenters. The summed E-state index contributed by atoms with van der Waals surface area (Å²) in [6.07, 6.45) is 4.57. The molecule has 0 saturated carbocycles. The van der Waals surface area contributed by atoms with Crippen LogP contribution < -0.4 is 5.32 Å². The van der Waals surface area contributed by atoms with Crippen molar-refractivity contribution in [3.8, 4) is 0 Å². The van der Waals surface area contributed by atoms with Crippen LogP contribution in [0.5, 0.6) is 0 Å². The normalized spacial score (nSPS) is 17.3. The molecule has 0 amide bonds. The van der Waals surface area contributed by atoms with Crippen LogP contribution in [0.4, 0.5) is 0 Å². The molecule has 6 heteroatoms. The van der Waals surface area contributed by atoms with Gasteiger partial charge in [0.1, 0.15) is 4.90 Å². The van der Waals surface area contributed by atoms with Crippen molar-refractivity contribution in [2.24, 2.45) is 0 Å². The molecule has 1 aliphatic heterocycles. The van der Waals surface area contributed by atoms with Crippen molar-refractivity contribution < 1.29 is 8.42 Å². The highest BCUT2D eigenvalue weighted by Crippen LogP contribution is 2.24. The van der Waals surface area contributed by atoms with Gasteiger partial charge in [0.15, 0.2) is 0 Å². The van der Waals surface area contributed by atoms with E-state index < -0.39 is 10.0 Å². The molecule has 5 nitrogen and oxygen atoms in total. The third-order valence-corrected chi connectivity index (χ3v) is 5.69. The third-order valence-electron chi connectivity index (χ3n) is 3.86. The second-order valence-corrected chi connectivity index (χ2v) is 7.80. The predicted octanol–water partition coefficient (Wildman–Crippen LogP) is 2.13. The molecule has 0 spiro atoms. The fourth-order valence-corrected chi connectivity index (χ4v) is 3.99. The first kappa shape index (κ1) is 16.3. The fourth-order valence-electron chi connectivity index (χ4n) is 2.56. The summed E-state index contributed by atoms with van der Waals surface area (Å²) in [6, 6.07) is 2.03. The van der Waals surface area contributed by atoms with E-state index in [1.807, 2.05) is 24.6 Å². The predicted molar refractivity (Wildman–Crippen MR) is 84.7 cm³/mol. The van der Waals surface area contributed by atoms with Crippen molar-refractivity contribution in [3.05, 3.63) is 29.6 Å². The minimum absolute atomic E-state index is 0.237. The summed E-state index contributed by atoms with van der Waals surface area (Å²) in [7, 11) is -1.53. The number of hydrogen-bond donors (Lipinski definition) is 1. The number of hydrogen-bond acceptors (Lipinski definition) is 3. The first-order valence-corrected chi connectivity index (χ1v) is 8.81. The van der Waals surface area contributed by atoms with E-state index in [0.29, 0.717) is 24.5 Å². The van der Waals surface area contributed by atoms with Gasteiger partial charge in [-0.1, -0.05) is 11.6 Å². The molecule has 1 aromatic heterocycles. The molecule has 1 aliphatic rings. The molecule has 0 unspecified atom stereocenters. The third kappa shape index (κ3) is 3.39. The van der Waals surface area contributed by atoms with E-state index in [2.05, 4.69) is 19.2 Å². The molecule has 0 aromatic carbocycles. The minimum Gasteiger partial charge on any atom is -0.346 e. The zero-order valence-electron chi connectivity index (χ0n) is 13.3. The van der Waals surface area contributed by atoms with Gasteiger partial charge in [-0.2, -0.15) is 4.31 Å². The molecule has 1 aromatic rings. The van der Waals surface area contributed by atoms with E-state index >= 15 is 0 Å². The molecule has 0 fully saturated rings. The summed E-state index contributed by atoms with van der Waals surface area (Å²) in [6.45, 7) is 7.86. The van der Waals surface area contributed by atoms with Gasteiger partial charge in [-0.3, -0.25) is 0 Å². The van der Waals surface area contributed by atoms with Crippen LogP contribution in [0.15, 0.2) is 28.8 Å². The van der Waals surface area contributed by atoms with E-state index in [1.54, 1.807) is 16.6 Å². The van der Waals surface area contributed by atoms with Crippen LogP contribution in [-0.2, 0) is 16.6 Å². The first-order valence-electron chi connectivity index (χ1n) is 7.37. The van der Waals surface area contributed by atoms with Crippen LogP contribution >= 0.6 is 0 Å². The van der Waals surface area contributed by atoms with Crippen molar-refractivity contribution in [1.82, 2.24) is 14.2 Å². The van der Waals surface area contributed by atoms with Gasteiger partial charge in [0.25, 0.3) is 0 Å². The molecule has 0 radical (unpaired) electrons. The van der Waals surface area contributed by atoms with Crippen LogP contribution in [0.2, 0.25) is 0 Å². The maximum Gasteiger partial charge on any atom is 0.244 e. The molecule has 0 saturated heterocycles. The standard InChI is InChI=1S/C15H25N3O2S/c1-12(2)18-11-15(9-14(18)10-16-4)21(19,20)17-7-5-13(3)6-8-17/h5,9,11-12,16H,6-8,10H2,1-4H3. The fraction of sp³-hybridized carbons (Fsp3) is 0.600. The van der Waals surface area contributed by atoms with Gasteiger partial charge in [-0.25, -0.2) is 8.42 Å². The lowest BCUT2D eigenvalue weighted by atomic mass is 10.1. The van der Waals surface area contributed by atoms with Crippen molar-refractivity contribution in [1.29, 1.82) is 0 Å². The van der Waals surface area contributed by atoms with Gasteiger partial charge in [0.05, 0.1) is 0 Å². The highest BCUT2D eigenvalue weighted by molar-refractivity contribution is 7.89. The molecule has 2 heterocycles. The molecule has 2 rings (SSSR count). The summed E-state index contributed by atoms with van der Waals surface area (Å²) < 4.78 is 29.1. The quantitative estimate of drug-likeness (QED) is 0.848.